The van der Waals surface area contributed by atoms with Crippen LogP contribution in [-0.2, 0) is 16.1 Å². The summed E-state index contributed by atoms with van der Waals surface area (Å²) in [6, 6.07) is 15.2. The molecule has 0 aliphatic carbocycles. The standard InChI is InChI=1S/C22H23N3O3S/c1-16-4-6-17(7-5-16)14-25-12-13-29-22(25)23-20(26)15-28-21(27)18-8-10-19(11-9-18)24(2)3/h4-13H,14-15H2,1-3H3. The fourth-order valence-corrected chi connectivity index (χ4v) is 3.39. The zero-order valence-corrected chi connectivity index (χ0v) is 17.5. The highest BCUT2D eigenvalue weighted by atomic mass is 32.1. The van der Waals surface area contributed by atoms with Crippen LogP contribution < -0.4 is 9.70 Å². The van der Waals surface area contributed by atoms with E-state index < -0.39 is 18.5 Å². The van der Waals surface area contributed by atoms with Gasteiger partial charge in [0.1, 0.15) is 0 Å². The Balaban J connectivity index is 1.61. The van der Waals surface area contributed by atoms with Crippen LogP contribution in [0.4, 0.5) is 5.69 Å². The van der Waals surface area contributed by atoms with Gasteiger partial charge in [-0.1, -0.05) is 29.8 Å². The molecule has 3 rings (SSSR count). The molecule has 0 aliphatic rings. The summed E-state index contributed by atoms with van der Waals surface area (Å²) in [4.78, 5) is 30.9. The summed E-state index contributed by atoms with van der Waals surface area (Å²) >= 11 is 1.37. The number of esters is 1. The van der Waals surface area contributed by atoms with Crippen LogP contribution in [-0.4, -0.2) is 37.1 Å². The lowest BCUT2D eigenvalue weighted by atomic mass is 10.1. The van der Waals surface area contributed by atoms with Crippen molar-refractivity contribution in [2.45, 2.75) is 13.5 Å². The van der Waals surface area contributed by atoms with E-state index in [1.807, 2.05) is 54.2 Å². The second kappa shape index (κ2) is 9.34. The van der Waals surface area contributed by atoms with Crippen LogP contribution in [0.5, 0.6) is 0 Å². The first kappa shape index (κ1) is 20.5. The van der Waals surface area contributed by atoms with Gasteiger partial charge in [0.15, 0.2) is 11.4 Å². The van der Waals surface area contributed by atoms with Crippen LogP contribution in [0.2, 0.25) is 0 Å². The number of hydrogen-bond acceptors (Lipinski definition) is 5. The Kier molecular flexibility index (Phi) is 6.61. The lowest BCUT2D eigenvalue weighted by Crippen LogP contribution is -2.20. The highest BCUT2D eigenvalue weighted by Crippen LogP contribution is 2.13. The first-order chi connectivity index (χ1) is 13.9. The fourth-order valence-electron chi connectivity index (χ4n) is 2.64. The molecule has 6 nitrogen and oxygen atoms in total. The van der Waals surface area contributed by atoms with Gasteiger partial charge >= 0.3 is 5.97 Å². The van der Waals surface area contributed by atoms with Crippen LogP contribution in [0.3, 0.4) is 0 Å². The van der Waals surface area contributed by atoms with Crippen molar-refractivity contribution in [1.82, 2.24) is 4.57 Å². The number of carbonyl (C=O) groups excluding carboxylic acids is 2. The summed E-state index contributed by atoms with van der Waals surface area (Å²) in [6.07, 6.45) is 1.88. The second-order valence-electron chi connectivity index (χ2n) is 6.82. The van der Waals surface area contributed by atoms with Crippen molar-refractivity contribution >= 4 is 28.9 Å². The molecule has 0 N–H and O–H groups in total. The molecule has 1 heterocycles. The zero-order chi connectivity index (χ0) is 20.8. The second-order valence-corrected chi connectivity index (χ2v) is 7.70. The maximum atomic E-state index is 12.2. The molecule has 0 fully saturated rings. The third-order valence-corrected chi connectivity index (χ3v) is 5.09. The maximum Gasteiger partial charge on any atom is 0.338 e. The molecule has 0 radical (unpaired) electrons. The molecule has 0 saturated carbocycles. The average Bonchev–Trinajstić information content (AvgIpc) is 3.14. The molecule has 2 aromatic carbocycles. The van der Waals surface area contributed by atoms with Gasteiger partial charge in [-0.25, -0.2) is 4.79 Å². The molecule has 0 unspecified atom stereocenters. The molecular formula is C22H23N3O3S. The highest BCUT2D eigenvalue weighted by Gasteiger charge is 2.10. The quantitative estimate of drug-likeness (QED) is 0.586. The van der Waals surface area contributed by atoms with E-state index in [2.05, 4.69) is 29.3 Å². The Morgan fingerprint density at radius 3 is 2.41 bits per heavy atom. The SMILES string of the molecule is Cc1ccc(Cn2ccsc2=NC(=O)COC(=O)c2ccc(N(C)C)cc2)cc1. The van der Waals surface area contributed by atoms with Gasteiger partial charge in [0.2, 0.25) is 0 Å². The summed E-state index contributed by atoms with van der Waals surface area (Å²) in [5.74, 6) is -1.04. The first-order valence-electron chi connectivity index (χ1n) is 9.14. The molecule has 150 valence electrons. The fraction of sp³-hybridized carbons (Fsp3) is 0.227. The predicted octanol–water partition coefficient (Wildman–Crippen LogP) is 3.26. The monoisotopic (exact) mass is 409 g/mol. The molecular weight excluding hydrogens is 386 g/mol. The average molecular weight is 410 g/mol. The van der Waals surface area contributed by atoms with Crippen molar-refractivity contribution in [3.8, 4) is 0 Å². The van der Waals surface area contributed by atoms with Gasteiger partial charge in [0, 0.05) is 37.9 Å². The largest absolute Gasteiger partial charge is 0.452 e. The van der Waals surface area contributed by atoms with Crippen LogP contribution in [0, 0.1) is 6.92 Å². The van der Waals surface area contributed by atoms with Crippen molar-refractivity contribution in [2.24, 2.45) is 4.99 Å². The van der Waals surface area contributed by atoms with Crippen LogP contribution in [0.25, 0.3) is 0 Å². The molecule has 3 aromatic rings. The van der Waals surface area contributed by atoms with Crippen molar-refractivity contribution in [1.29, 1.82) is 0 Å². The summed E-state index contributed by atoms with van der Waals surface area (Å²) in [5, 5.41) is 1.87. The molecule has 0 saturated heterocycles. The van der Waals surface area contributed by atoms with Gasteiger partial charge in [-0.2, -0.15) is 4.99 Å². The van der Waals surface area contributed by atoms with Crippen LogP contribution >= 0.6 is 11.3 Å². The summed E-state index contributed by atoms with van der Waals surface area (Å²) < 4.78 is 7.01. The number of thiazole rings is 1. The minimum absolute atomic E-state index is 0.392. The van der Waals surface area contributed by atoms with E-state index >= 15 is 0 Å². The van der Waals surface area contributed by atoms with Crippen molar-refractivity contribution < 1.29 is 14.3 Å². The van der Waals surface area contributed by atoms with E-state index in [1.54, 1.807) is 12.1 Å². The third kappa shape index (κ3) is 5.65. The number of hydrogen-bond donors (Lipinski definition) is 0. The summed E-state index contributed by atoms with van der Waals surface area (Å²) in [7, 11) is 3.84. The topological polar surface area (TPSA) is 63.9 Å². The predicted molar refractivity (Wildman–Crippen MR) is 114 cm³/mol. The Hall–Kier alpha value is -3.19. The van der Waals surface area contributed by atoms with Gasteiger partial charge < -0.3 is 14.2 Å². The number of carbonyl (C=O) groups is 2. The Morgan fingerprint density at radius 1 is 1.07 bits per heavy atom. The van der Waals surface area contributed by atoms with Gasteiger partial charge in [0.25, 0.3) is 5.91 Å². The van der Waals surface area contributed by atoms with Gasteiger partial charge in [0.05, 0.1) is 5.56 Å². The Bertz CT molecular complexity index is 1050. The smallest absolute Gasteiger partial charge is 0.338 e. The van der Waals surface area contributed by atoms with Gasteiger partial charge in [-0.3, -0.25) is 4.79 Å². The number of amides is 1. The molecule has 7 heteroatoms. The zero-order valence-electron chi connectivity index (χ0n) is 16.7. The van der Waals surface area contributed by atoms with Crippen LogP contribution in [0.1, 0.15) is 21.5 Å². The van der Waals surface area contributed by atoms with Crippen molar-refractivity contribution in [3.05, 3.63) is 81.6 Å². The van der Waals surface area contributed by atoms with E-state index in [-0.39, 0.29) is 0 Å². The molecule has 0 spiro atoms. The van der Waals surface area contributed by atoms with Gasteiger partial charge in [-0.05, 0) is 36.8 Å². The molecule has 29 heavy (non-hydrogen) atoms. The normalized spacial score (nSPS) is 11.3. The number of aromatic nitrogens is 1. The van der Waals surface area contributed by atoms with E-state index in [4.69, 9.17) is 4.74 Å². The summed E-state index contributed by atoms with van der Waals surface area (Å²) in [5.41, 5.74) is 3.69. The number of nitrogens with zero attached hydrogens (tertiary/aromatic N) is 3. The summed E-state index contributed by atoms with van der Waals surface area (Å²) in [6.45, 7) is 2.27. The minimum atomic E-state index is -0.544. The maximum absolute atomic E-state index is 12.2. The number of anilines is 1. The first-order valence-corrected chi connectivity index (χ1v) is 10.0. The number of benzene rings is 2. The number of rotatable bonds is 6. The molecule has 1 amide bonds. The lowest BCUT2D eigenvalue weighted by molar-refractivity contribution is -0.121. The lowest BCUT2D eigenvalue weighted by Gasteiger charge is -2.12. The van der Waals surface area contributed by atoms with Gasteiger partial charge in [-0.15, -0.1) is 11.3 Å². The Morgan fingerprint density at radius 2 is 1.76 bits per heavy atom. The van der Waals surface area contributed by atoms with E-state index in [0.717, 1.165) is 11.3 Å². The molecule has 0 aliphatic heterocycles. The molecule has 0 bridgehead atoms. The highest BCUT2D eigenvalue weighted by molar-refractivity contribution is 7.07. The minimum Gasteiger partial charge on any atom is -0.452 e. The van der Waals surface area contributed by atoms with Crippen LogP contribution in [0.15, 0.2) is 65.1 Å². The van der Waals surface area contributed by atoms with E-state index in [9.17, 15) is 9.59 Å². The van der Waals surface area contributed by atoms with Crippen molar-refractivity contribution in [3.63, 3.8) is 0 Å². The number of ether oxygens (including phenoxy) is 1. The van der Waals surface area contributed by atoms with Crippen molar-refractivity contribution in [2.75, 3.05) is 25.6 Å². The molecule has 1 aromatic heterocycles. The molecule has 0 atom stereocenters. The third-order valence-electron chi connectivity index (χ3n) is 4.30. The van der Waals surface area contributed by atoms with E-state index in [0.29, 0.717) is 16.9 Å². The number of aryl methyl sites for hydroxylation is 1. The Labute approximate surface area is 173 Å². The van der Waals surface area contributed by atoms with E-state index in [1.165, 1.54) is 16.9 Å².